The van der Waals surface area contributed by atoms with E-state index in [0.29, 0.717) is 0 Å². The molecule has 0 saturated heterocycles. The molecule has 48 valence electrons. The van der Waals surface area contributed by atoms with E-state index in [1.165, 1.54) is 0 Å². The Morgan fingerprint density at radius 1 is 1.75 bits per heavy atom. The van der Waals surface area contributed by atoms with E-state index >= 15 is 0 Å². The van der Waals surface area contributed by atoms with Crippen LogP contribution in [0.2, 0.25) is 0 Å². The Bertz CT molecular complexity index is 74.8. The quantitative estimate of drug-likeness (QED) is 0.553. The molecule has 0 aromatic heterocycles. The highest BCUT2D eigenvalue weighted by molar-refractivity contribution is 4.80. The molecular formula is C5H10FNO. The molecule has 0 aromatic rings. The second-order valence-electron chi connectivity index (χ2n) is 2.19. The van der Waals surface area contributed by atoms with Gasteiger partial charge in [-0.25, -0.2) is 10.3 Å². The maximum Gasteiger partial charge on any atom is 0.128 e. The molecule has 1 rings (SSSR count). The van der Waals surface area contributed by atoms with E-state index in [1.807, 2.05) is 0 Å². The van der Waals surface area contributed by atoms with Crippen LogP contribution in [-0.4, -0.2) is 12.8 Å². The molecule has 1 saturated carbocycles. The van der Waals surface area contributed by atoms with Gasteiger partial charge in [0.1, 0.15) is 6.17 Å². The highest BCUT2D eigenvalue weighted by Gasteiger charge is 2.30. The molecule has 1 unspecified atom stereocenters. The minimum absolute atomic E-state index is 0.0602. The third-order valence-corrected chi connectivity index (χ3v) is 1.39. The highest BCUT2D eigenvalue weighted by Crippen LogP contribution is 2.34. The maximum absolute atomic E-state index is 12.4. The zero-order valence-corrected chi connectivity index (χ0v) is 4.64. The van der Waals surface area contributed by atoms with Crippen LogP contribution in [0.1, 0.15) is 12.8 Å². The van der Waals surface area contributed by atoms with Crippen LogP contribution in [0.25, 0.3) is 0 Å². The average molecular weight is 119 g/mol. The molecule has 0 spiro atoms. The van der Waals surface area contributed by atoms with Gasteiger partial charge in [-0.2, -0.15) is 0 Å². The van der Waals surface area contributed by atoms with Gasteiger partial charge in [0, 0.05) is 0 Å². The van der Waals surface area contributed by atoms with Crippen molar-refractivity contribution in [3.8, 4) is 0 Å². The number of alkyl halides is 1. The molecule has 1 aliphatic rings. The highest BCUT2D eigenvalue weighted by atomic mass is 19.1. The summed E-state index contributed by atoms with van der Waals surface area (Å²) in [7, 11) is 0. The van der Waals surface area contributed by atoms with E-state index in [0.717, 1.165) is 12.8 Å². The summed E-state index contributed by atoms with van der Waals surface area (Å²) >= 11 is 0. The summed E-state index contributed by atoms with van der Waals surface area (Å²) in [6.45, 7) is 0.0602. The van der Waals surface area contributed by atoms with Crippen LogP contribution in [0.4, 0.5) is 4.39 Å². The van der Waals surface area contributed by atoms with Crippen LogP contribution >= 0.6 is 0 Å². The summed E-state index contributed by atoms with van der Waals surface area (Å²) in [6.07, 6.45) is 1.19. The molecule has 0 aliphatic heterocycles. The zero-order valence-electron chi connectivity index (χ0n) is 4.64. The van der Waals surface area contributed by atoms with Gasteiger partial charge >= 0.3 is 0 Å². The zero-order chi connectivity index (χ0) is 5.98. The summed E-state index contributed by atoms with van der Waals surface area (Å²) < 4.78 is 12.4. The largest absolute Gasteiger partial charge is 0.302 e. The molecule has 2 nitrogen and oxygen atoms in total. The SMILES string of the molecule is NOCC(F)C1CC1. The molecule has 0 amide bonds. The van der Waals surface area contributed by atoms with Gasteiger partial charge in [-0.05, 0) is 18.8 Å². The average Bonchev–Trinajstić information content (AvgIpc) is 2.45. The topological polar surface area (TPSA) is 35.2 Å². The predicted molar refractivity (Wildman–Crippen MR) is 27.8 cm³/mol. The van der Waals surface area contributed by atoms with Crippen molar-refractivity contribution in [3.05, 3.63) is 0 Å². The lowest BCUT2D eigenvalue weighted by Crippen LogP contribution is -2.15. The Morgan fingerprint density at radius 3 is 2.75 bits per heavy atom. The van der Waals surface area contributed by atoms with E-state index in [-0.39, 0.29) is 12.5 Å². The molecule has 3 heteroatoms. The number of hydrogen-bond donors (Lipinski definition) is 1. The molecule has 8 heavy (non-hydrogen) atoms. The number of nitrogens with two attached hydrogens (primary N) is 1. The van der Waals surface area contributed by atoms with Gasteiger partial charge < -0.3 is 4.84 Å². The van der Waals surface area contributed by atoms with Gasteiger partial charge in [-0.1, -0.05) is 0 Å². The number of hydrogen-bond acceptors (Lipinski definition) is 2. The summed E-state index contributed by atoms with van der Waals surface area (Å²) in [6, 6.07) is 0. The third kappa shape index (κ3) is 1.42. The van der Waals surface area contributed by atoms with E-state index in [2.05, 4.69) is 10.7 Å². The molecule has 0 radical (unpaired) electrons. The molecule has 0 heterocycles. The molecule has 1 fully saturated rings. The Labute approximate surface area is 47.8 Å². The lowest BCUT2D eigenvalue weighted by molar-refractivity contribution is 0.0726. The summed E-state index contributed by atoms with van der Waals surface area (Å²) in [5, 5.41) is 0. The molecule has 1 atom stereocenters. The van der Waals surface area contributed by atoms with Gasteiger partial charge in [-0.15, -0.1) is 0 Å². The lowest BCUT2D eigenvalue weighted by atomic mass is 10.3. The summed E-state index contributed by atoms with van der Waals surface area (Å²) in [5.74, 6) is 4.90. The maximum atomic E-state index is 12.4. The molecule has 0 bridgehead atoms. The second kappa shape index (κ2) is 2.42. The van der Waals surface area contributed by atoms with E-state index in [9.17, 15) is 4.39 Å². The molecule has 2 N–H and O–H groups in total. The first kappa shape index (κ1) is 5.98. The van der Waals surface area contributed by atoms with Crippen molar-refractivity contribution in [1.29, 1.82) is 0 Å². The first-order valence-corrected chi connectivity index (χ1v) is 2.80. The number of halogens is 1. The fraction of sp³-hybridized carbons (Fsp3) is 1.00. The standard InChI is InChI=1S/C5H10FNO/c6-5(3-8-7)4-1-2-4/h4-5H,1-3,7H2. The third-order valence-electron chi connectivity index (χ3n) is 1.39. The molecule has 0 aromatic carbocycles. The predicted octanol–water partition coefficient (Wildman–Crippen LogP) is 0.625. The van der Waals surface area contributed by atoms with E-state index in [1.54, 1.807) is 0 Å². The number of rotatable bonds is 3. The summed E-state index contributed by atoms with van der Waals surface area (Å²) in [4.78, 5) is 4.13. The normalized spacial score (nSPS) is 23.2. The van der Waals surface area contributed by atoms with Crippen LogP contribution in [0, 0.1) is 5.92 Å². The molecular weight excluding hydrogens is 109 g/mol. The van der Waals surface area contributed by atoms with Crippen LogP contribution in [0.5, 0.6) is 0 Å². The summed E-state index contributed by atoms with van der Waals surface area (Å²) in [5.41, 5.74) is 0. The molecule has 1 aliphatic carbocycles. The van der Waals surface area contributed by atoms with Crippen LogP contribution in [0.3, 0.4) is 0 Å². The van der Waals surface area contributed by atoms with Crippen LogP contribution in [0.15, 0.2) is 0 Å². The fourth-order valence-electron chi connectivity index (χ4n) is 0.686. The van der Waals surface area contributed by atoms with Gasteiger partial charge in [0.25, 0.3) is 0 Å². The Morgan fingerprint density at radius 2 is 2.38 bits per heavy atom. The van der Waals surface area contributed by atoms with Crippen molar-refractivity contribution in [3.63, 3.8) is 0 Å². The van der Waals surface area contributed by atoms with Gasteiger partial charge in [0.2, 0.25) is 0 Å². The van der Waals surface area contributed by atoms with Crippen molar-refractivity contribution in [2.45, 2.75) is 19.0 Å². The van der Waals surface area contributed by atoms with Crippen molar-refractivity contribution in [1.82, 2.24) is 0 Å². The van der Waals surface area contributed by atoms with Crippen molar-refractivity contribution < 1.29 is 9.23 Å². The first-order chi connectivity index (χ1) is 3.84. The monoisotopic (exact) mass is 119 g/mol. The minimum Gasteiger partial charge on any atom is -0.302 e. The van der Waals surface area contributed by atoms with Gasteiger partial charge in [0.15, 0.2) is 0 Å². The minimum atomic E-state index is -0.819. The Kier molecular flexibility index (Phi) is 1.81. The van der Waals surface area contributed by atoms with Gasteiger partial charge in [0.05, 0.1) is 6.61 Å². The van der Waals surface area contributed by atoms with Crippen molar-refractivity contribution in [2.75, 3.05) is 6.61 Å². The Hall–Kier alpha value is -0.150. The lowest BCUT2D eigenvalue weighted by Gasteiger charge is -2.01. The van der Waals surface area contributed by atoms with Gasteiger partial charge in [-0.3, -0.25) is 0 Å². The van der Waals surface area contributed by atoms with Crippen molar-refractivity contribution >= 4 is 0 Å². The second-order valence-corrected chi connectivity index (χ2v) is 2.19. The van der Waals surface area contributed by atoms with E-state index < -0.39 is 6.17 Å². The van der Waals surface area contributed by atoms with Crippen molar-refractivity contribution in [2.24, 2.45) is 11.8 Å². The van der Waals surface area contributed by atoms with Crippen LogP contribution in [-0.2, 0) is 4.84 Å². The fourth-order valence-corrected chi connectivity index (χ4v) is 0.686. The smallest absolute Gasteiger partial charge is 0.128 e. The van der Waals surface area contributed by atoms with E-state index in [4.69, 9.17) is 0 Å². The van der Waals surface area contributed by atoms with Crippen LogP contribution < -0.4 is 5.90 Å². The Balaban J connectivity index is 2.03. The first-order valence-electron chi connectivity index (χ1n) is 2.80.